The molecule has 1 nitrogen and oxygen atoms in total. The van der Waals surface area contributed by atoms with E-state index in [-0.39, 0.29) is 5.92 Å². The van der Waals surface area contributed by atoms with Crippen LogP contribution in [0.15, 0.2) is 22.7 Å². The summed E-state index contributed by atoms with van der Waals surface area (Å²) in [6.45, 7) is 3.92. The second-order valence-corrected chi connectivity index (χ2v) is 3.80. The Balaban J connectivity index is 3.12. The summed E-state index contributed by atoms with van der Waals surface area (Å²) in [5.41, 5.74) is 2.24. The summed E-state index contributed by atoms with van der Waals surface area (Å²) in [6.07, 6.45) is 0.958. The molecule has 1 atom stereocenters. The predicted molar refractivity (Wildman–Crippen MR) is 53.4 cm³/mol. The van der Waals surface area contributed by atoms with E-state index in [1.54, 1.807) is 0 Å². The Kier molecular flexibility index (Phi) is 3.04. The van der Waals surface area contributed by atoms with Crippen LogP contribution < -0.4 is 0 Å². The number of halogens is 1. The Morgan fingerprint density at radius 1 is 1.50 bits per heavy atom. The third-order valence-corrected chi connectivity index (χ3v) is 2.57. The number of aryl methyl sites for hydroxylation is 1. The van der Waals surface area contributed by atoms with Crippen LogP contribution >= 0.6 is 15.9 Å². The lowest BCUT2D eigenvalue weighted by Gasteiger charge is -2.07. The third-order valence-electron chi connectivity index (χ3n) is 1.85. The molecule has 0 aromatic heterocycles. The molecular weight excluding hydrogens is 216 g/mol. The molecule has 64 valence electrons. The molecule has 0 saturated carbocycles. The number of rotatable bonds is 2. The quantitative estimate of drug-likeness (QED) is 0.709. The van der Waals surface area contributed by atoms with Crippen LogP contribution in [0.25, 0.3) is 0 Å². The molecule has 12 heavy (non-hydrogen) atoms. The number of carbonyl (C=O) groups excluding carboxylic acids is 1. The van der Waals surface area contributed by atoms with Gasteiger partial charge in [-0.1, -0.05) is 40.5 Å². The van der Waals surface area contributed by atoms with Crippen LogP contribution in [-0.4, -0.2) is 6.29 Å². The van der Waals surface area contributed by atoms with E-state index in [9.17, 15) is 4.79 Å². The van der Waals surface area contributed by atoms with E-state index < -0.39 is 0 Å². The van der Waals surface area contributed by atoms with Crippen molar-refractivity contribution in [3.63, 3.8) is 0 Å². The maximum absolute atomic E-state index is 10.5. The largest absolute Gasteiger partial charge is 0.303 e. The maximum atomic E-state index is 10.5. The highest BCUT2D eigenvalue weighted by atomic mass is 79.9. The Bertz CT molecular complexity index is 294. The van der Waals surface area contributed by atoms with Crippen molar-refractivity contribution < 1.29 is 4.79 Å². The van der Waals surface area contributed by atoms with Crippen molar-refractivity contribution in [1.29, 1.82) is 0 Å². The van der Waals surface area contributed by atoms with Crippen molar-refractivity contribution >= 4 is 22.2 Å². The second-order valence-electron chi connectivity index (χ2n) is 2.95. The van der Waals surface area contributed by atoms with Gasteiger partial charge in [-0.25, -0.2) is 0 Å². The van der Waals surface area contributed by atoms with Gasteiger partial charge in [-0.3, -0.25) is 0 Å². The van der Waals surface area contributed by atoms with Gasteiger partial charge in [0, 0.05) is 10.4 Å². The van der Waals surface area contributed by atoms with Crippen molar-refractivity contribution in [2.45, 2.75) is 19.8 Å². The first-order valence-corrected chi connectivity index (χ1v) is 4.66. The van der Waals surface area contributed by atoms with E-state index in [2.05, 4.69) is 15.9 Å². The van der Waals surface area contributed by atoms with E-state index in [0.717, 1.165) is 16.3 Å². The summed E-state index contributed by atoms with van der Waals surface area (Å²) in [6, 6.07) is 6.03. The van der Waals surface area contributed by atoms with Crippen molar-refractivity contribution in [3.8, 4) is 0 Å². The van der Waals surface area contributed by atoms with E-state index in [1.807, 2.05) is 32.0 Å². The first kappa shape index (κ1) is 9.46. The molecule has 0 aliphatic heterocycles. The van der Waals surface area contributed by atoms with Crippen LogP contribution in [0.2, 0.25) is 0 Å². The van der Waals surface area contributed by atoms with Gasteiger partial charge in [0.2, 0.25) is 0 Å². The molecular formula is C10H11BrO. The number of hydrogen-bond acceptors (Lipinski definition) is 1. The SMILES string of the molecule is Cc1ccc(Br)c(C(C)C=O)c1. The smallest absolute Gasteiger partial charge is 0.127 e. The van der Waals surface area contributed by atoms with Crippen molar-refractivity contribution in [2.75, 3.05) is 0 Å². The Morgan fingerprint density at radius 2 is 2.17 bits per heavy atom. The molecule has 1 rings (SSSR count). The minimum absolute atomic E-state index is 0.0284. The molecule has 1 aromatic rings. The van der Waals surface area contributed by atoms with Gasteiger partial charge in [0.1, 0.15) is 6.29 Å². The number of hydrogen-bond donors (Lipinski definition) is 0. The number of carbonyl (C=O) groups is 1. The van der Waals surface area contributed by atoms with Gasteiger partial charge in [-0.15, -0.1) is 0 Å². The Morgan fingerprint density at radius 3 is 2.75 bits per heavy atom. The van der Waals surface area contributed by atoms with Crippen molar-refractivity contribution in [2.24, 2.45) is 0 Å². The summed E-state index contributed by atoms with van der Waals surface area (Å²) >= 11 is 3.41. The Labute approximate surface area is 80.9 Å². The van der Waals surface area contributed by atoms with Crippen LogP contribution in [0.5, 0.6) is 0 Å². The molecule has 0 amide bonds. The van der Waals surface area contributed by atoms with Crippen LogP contribution in [0.4, 0.5) is 0 Å². The zero-order valence-corrected chi connectivity index (χ0v) is 8.76. The van der Waals surface area contributed by atoms with Gasteiger partial charge in [0.05, 0.1) is 0 Å². The molecule has 0 radical (unpaired) electrons. The van der Waals surface area contributed by atoms with Crippen LogP contribution in [0.1, 0.15) is 24.0 Å². The summed E-state index contributed by atoms with van der Waals surface area (Å²) < 4.78 is 1.01. The standard InChI is InChI=1S/C10H11BrO/c1-7-3-4-10(11)9(5-7)8(2)6-12/h3-6,8H,1-2H3. The van der Waals surface area contributed by atoms with Gasteiger partial charge < -0.3 is 4.79 Å². The fourth-order valence-corrected chi connectivity index (χ4v) is 1.69. The lowest BCUT2D eigenvalue weighted by molar-refractivity contribution is -0.108. The van der Waals surface area contributed by atoms with E-state index in [4.69, 9.17) is 0 Å². The molecule has 0 fully saturated rings. The fourth-order valence-electron chi connectivity index (χ4n) is 1.09. The van der Waals surface area contributed by atoms with Crippen molar-refractivity contribution in [1.82, 2.24) is 0 Å². The van der Waals surface area contributed by atoms with Gasteiger partial charge in [-0.05, 0) is 18.6 Å². The molecule has 1 unspecified atom stereocenters. The summed E-state index contributed by atoms with van der Waals surface area (Å²) in [7, 11) is 0. The first-order chi connectivity index (χ1) is 5.65. The topological polar surface area (TPSA) is 17.1 Å². The van der Waals surface area contributed by atoms with Gasteiger partial charge in [0.25, 0.3) is 0 Å². The minimum Gasteiger partial charge on any atom is -0.303 e. The molecule has 0 bridgehead atoms. The van der Waals surface area contributed by atoms with Crippen LogP contribution in [0, 0.1) is 6.92 Å². The minimum atomic E-state index is -0.0284. The summed E-state index contributed by atoms with van der Waals surface area (Å²) in [5, 5.41) is 0. The Hall–Kier alpha value is -0.630. The summed E-state index contributed by atoms with van der Waals surface area (Å²) in [4.78, 5) is 10.5. The molecule has 0 saturated heterocycles. The van der Waals surface area contributed by atoms with Gasteiger partial charge in [-0.2, -0.15) is 0 Å². The van der Waals surface area contributed by atoms with E-state index in [1.165, 1.54) is 5.56 Å². The third kappa shape index (κ3) is 1.95. The highest BCUT2D eigenvalue weighted by molar-refractivity contribution is 9.10. The predicted octanol–water partition coefficient (Wildman–Crippen LogP) is 3.06. The molecule has 2 heteroatoms. The van der Waals surface area contributed by atoms with Gasteiger partial charge in [0.15, 0.2) is 0 Å². The normalized spacial score (nSPS) is 12.6. The lowest BCUT2D eigenvalue weighted by Crippen LogP contribution is -1.95. The zero-order chi connectivity index (χ0) is 9.14. The average Bonchev–Trinajstić information content (AvgIpc) is 2.08. The van der Waals surface area contributed by atoms with Crippen LogP contribution in [0.3, 0.4) is 0 Å². The van der Waals surface area contributed by atoms with E-state index >= 15 is 0 Å². The van der Waals surface area contributed by atoms with Crippen LogP contribution in [-0.2, 0) is 4.79 Å². The summed E-state index contributed by atoms with van der Waals surface area (Å²) in [5.74, 6) is -0.0284. The van der Waals surface area contributed by atoms with E-state index in [0.29, 0.717) is 0 Å². The van der Waals surface area contributed by atoms with Crippen molar-refractivity contribution in [3.05, 3.63) is 33.8 Å². The lowest BCUT2D eigenvalue weighted by atomic mass is 10.0. The average molecular weight is 227 g/mol. The number of aldehydes is 1. The molecule has 0 aliphatic carbocycles. The molecule has 0 N–H and O–H groups in total. The zero-order valence-electron chi connectivity index (χ0n) is 7.17. The fraction of sp³-hybridized carbons (Fsp3) is 0.300. The molecule has 0 aliphatic rings. The number of benzene rings is 1. The van der Waals surface area contributed by atoms with Gasteiger partial charge >= 0.3 is 0 Å². The maximum Gasteiger partial charge on any atom is 0.127 e. The first-order valence-electron chi connectivity index (χ1n) is 3.86. The highest BCUT2D eigenvalue weighted by Gasteiger charge is 2.07. The molecule has 1 aromatic carbocycles. The monoisotopic (exact) mass is 226 g/mol. The molecule has 0 heterocycles. The molecule has 0 spiro atoms. The highest BCUT2D eigenvalue weighted by Crippen LogP contribution is 2.24. The second kappa shape index (κ2) is 3.85.